The summed E-state index contributed by atoms with van der Waals surface area (Å²) in [4.78, 5) is 15.5. The molecule has 0 aliphatic heterocycles. The number of fused-ring (bicyclic) bond motifs is 1. The van der Waals surface area contributed by atoms with Crippen molar-refractivity contribution in [2.75, 3.05) is 5.32 Å². The number of para-hydroxylation sites is 1. The second-order valence-corrected chi connectivity index (χ2v) is 6.84. The summed E-state index contributed by atoms with van der Waals surface area (Å²) >= 11 is 0. The Morgan fingerprint density at radius 2 is 1.73 bits per heavy atom. The minimum atomic E-state index is -0.965. The molecule has 0 bridgehead atoms. The highest BCUT2D eigenvalue weighted by atomic mass is 19.1. The quantitative estimate of drug-likeness (QED) is 0.412. The second-order valence-electron chi connectivity index (χ2n) is 6.84. The standard InChI is InChI=1S/C24H19FN2O3/c1-15(16-9-11-18(12-10-16)24(28)29)27-23-22-17(13-14-26-23)5-4-8-21(22)30-20-7-3-2-6-19(20)25/h2-15H,1H3,(H,26,27)(H,28,29)/t15-/m0/s1. The third-order valence-electron chi connectivity index (χ3n) is 4.82. The van der Waals surface area contributed by atoms with Crippen LogP contribution in [0.15, 0.2) is 79.0 Å². The van der Waals surface area contributed by atoms with Crippen molar-refractivity contribution in [2.24, 2.45) is 0 Å². The maximum absolute atomic E-state index is 14.1. The number of aromatic nitrogens is 1. The lowest BCUT2D eigenvalue weighted by molar-refractivity contribution is 0.0697. The van der Waals surface area contributed by atoms with E-state index in [-0.39, 0.29) is 17.4 Å². The molecule has 0 saturated heterocycles. The smallest absolute Gasteiger partial charge is 0.335 e. The van der Waals surface area contributed by atoms with E-state index in [2.05, 4.69) is 10.3 Å². The zero-order valence-electron chi connectivity index (χ0n) is 16.2. The fraction of sp³-hybridized carbons (Fsp3) is 0.0833. The molecule has 0 amide bonds. The van der Waals surface area contributed by atoms with Crippen LogP contribution in [0.2, 0.25) is 0 Å². The molecular weight excluding hydrogens is 383 g/mol. The molecule has 1 aromatic heterocycles. The highest BCUT2D eigenvalue weighted by Crippen LogP contribution is 2.36. The molecule has 0 fully saturated rings. The van der Waals surface area contributed by atoms with Gasteiger partial charge >= 0.3 is 5.97 Å². The molecule has 1 atom stereocenters. The van der Waals surface area contributed by atoms with E-state index < -0.39 is 11.8 Å². The number of aromatic carboxylic acids is 1. The Kier molecular flexibility index (Phi) is 5.30. The van der Waals surface area contributed by atoms with Crippen molar-refractivity contribution in [3.63, 3.8) is 0 Å². The Labute approximate surface area is 172 Å². The molecule has 6 heteroatoms. The Hall–Kier alpha value is -3.93. The highest BCUT2D eigenvalue weighted by Gasteiger charge is 2.14. The van der Waals surface area contributed by atoms with Gasteiger partial charge in [0, 0.05) is 12.2 Å². The number of benzene rings is 3. The molecule has 4 aromatic rings. The van der Waals surface area contributed by atoms with E-state index in [1.54, 1.807) is 54.7 Å². The van der Waals surface area contributed by atoms with Crippen LogP contribution in [-0.4, -0.2) is 16.1 Å². The summed E-state index contributed by atoms with van der Waals surface area (Å²) < 4.78 is 20.0. The number of hydrogen-bond donors (Lipinski definition) is 2. The number of nitrogens with one attached hydrogen (secondary N) is 1. The Balaban J connectivity index is 1.68. The van der Waals surface area contributed by atoms with Gasteiger partial charge < -0.3 is 15.2 Å². The molecule has 0 aliphatic rings. The third-order valence-corrected chi connectivity index (χ3v) is 4.82. The maximum Gasteiger partial charge on any atom is 0.335 e. The second kappa shape index (κ2) is 8.21. The summed E-state index contributed by atoms with van der Waals surface area (Å²) in [6.45, 7) is 1.95. The first-order chi connectivity index (χ1) is 14.5. The van der Waals surface area contributed by atoms with Crippen LogP contribution in [0.4, 0.5) is 10.2 Å². The molecule has 1 heterocycles. The molecule has 0 unspecified atom stereocenters. The predicted molar refractivity (Wildman–Crippen MR) is 114 cm³/mol. The lowest BCUT2D eigenvalue weighted by Gasteiger charge is -2.18. The molecule has 0 aliphatic carbocycles. The number of halogens is 1. The van der Waals surface area contributed by atoms with Crippen LogP contribution in [0.5, 0.6) is 11.5 Å². The summed E-state index contributed by atoms with van der Waals surface area (Å²) in [6, 6.07) is 20.2. The van der Waals surface area contributed by atoms with Crippen LogP contribution >= 0.6 is 0 Å². The number of hydrogen-bond acceptors (Lipinski definition) is 4. The average molecular weight is 402 g/mol. The van der Waals surface area contributed by atoms with Crippen LogP contribution in [0.3, 0.4) is 0 Å². The summed E-state index contributed by atoms with van der Waals surface area (Å²) in [7, 11) is 0. The van der Waals surface area contributed by atoms with E-state index in [1.807, 2.05) is 25.1 Å². The fourth-order valence-electron chi connectivity index (χ4n) is 3.24. The van der Waals surface area contributed by atoms with Gasteiger partial charge in [0.05, 0.1) is 10.9 Å². The van der Waals surface area contributed by atoms with Gasteiger partial charge in [0.2, 0.25) is 0 Å². The van der Waals surface area contributed by atoms with Crippen LogP contribution in [-0.2, 0) is 0 Å². The number of rotatable bonds is 6. The van der Waals surface area contributed by atoms with Gasteiger partial charge in [-0.1, -0.05) is 36.4 Å². The first-order valence-corrected chi connectivity index (χ1v) is 9.43. The molecule has 0 saturated carbocycles. The zero-order chi connectivity index (χ0) is 21.1. The first-order valence-electron chi connectivity index (χ1n) is 9.43. The largest absolute Gasteiger partial charge is 0.478 e. The monoisotopic (exact) mass is 402 g/mol. The Morgan fingerprint density at radius 3 is 2.47 bits per heavy atom. The van der Waals surface area contributed by atoms with Crippen molar-refractivity contribution in [2.45, 2.75) is 13.0 Å². The normalized spacial score (nSPS) is 11.8. The van der Waals surface area contributed by atoms with E-state index >= 15 is 0 Å². The third kappa shape index (κ3) is 3.93. The summed E-state index contributed by atoms with van der Waals surface area (Å²) in [5.41, 5.74) is 1.14. The van der Waals surface area contributed by atoms with Gasteiger partial charge in [-0.05, 0) is 54.3 Å². The van der Waals surface area contributed by atoms with E-state index in [0.717, 1.165) is 16.3 Å². The van der Waals surface area contributed by atoms with E-state index in [1.165, 1.54) is 6.07 Å². The summed E-state index contributed by atoms with van der Waals surface area (Å²) in [5, 5.41) is 14.1. The lowest BCUT2D eigenvalue weighted by Crippen LogP contribution is -2.09. The summed E-state index contributed by atoms with van der Waals surface area (Å²) in [5.74, 6) is -0.194. The van der Waals surface area contributed by atoms with Crippen molar-refractivity contribution in [3.8, 4) is 11.5 Å². The van der Waals surface area contributed by atoms with Crippen molar-refractivity contribution < 1.29 is 19.0 Å². The molecule has 30 heavy (non-hydrogen) atoms. The lowest BCUT2D eigenvalue weighted by atomic mass is 10.1. The van der Waals surface area contributed by atoms with Gasteiger partial charge in [-0.15, -0.1) is 0 Å². The van der Waals surface area contributed by atoms with Crippen LogP contribution < -0.4 is 10.1 Å². The zero-order valence-corrected chi connectivity index (χ0v) is 16.2. The van der Waals surface area contributed by atoms with Gasteiger partial charge in [0.1, 0.15) is 11.6 Å². The number of carbonyl (C=O) groups is 1. The molecule has 4 rings (SSSR count). The van der Waals surface area contributed by atoms with Gasteiger partial charge in [-0.3, -0.25) is 0 Å². The van der Waals surface area contributed by atoms with E-state index in [4.69, 9.17) is 9.84 Å². The number of anilines is 1. The van der Waals surface area contributed by atoms with E-state index in [0.29, 0.717) is 11.6 Å². The van der Waals surface area contributed by atoms with Crippen molar-refractivity contribution >= 4 is 22.6 Å². The van der Waals surface area contributed by atoms with Gasteiger partial charge in [-0.2, -0.15) is 0 Å². The van der Waals surface area contributed by atoms with Crippen molar-refractivity contribution in [3.05, 3.63) is 95.9 Å². The average Bonchev–Trinajstić information content (AvgIpc) is 2.75. The Morgan fingerprint density at radius 1 is 1.00 bits per heavy atom. The number of carboxylic acid groups (broad SMARTS) is 1. The van der Waals surface area contributed by atoms with Crippen LogP contribution in [0.1, 0.15) is 28.9 Å². The molecular formula is C24H19FN2O3. The van der Waals surface area contributed by atoms with Gasteiger partial charge in [0.15, 0.2) is 11.6 Å². The topological polar surface area (TPSA) is 71.5 Å². The number of ether oxygens (including phenoxy) is 1. The summed E-state index contributed by atoms with van der Waals surface area (Å²) in [6.07, 6.45) is 1.69. The van der Waals surface area contributed by atoms with Crippen LogP contribution in [0, 0.1) is 5.82 Å². The molecule has 5 nitrogen and oxygen atoms in total. The SMILES string of the molecule is C[C@H](Nc1nccc2cccc(Oc3ccccc3F)c12)c1ccc(C(=O)O)cc1. The number of carboxylic acids is 1. The van der Waals surface area contributed by atoms with Crippen LogP contribution in [0.25, 0.3) is 10.8 Å². The molecule has 0 spiro atoms. The minimum Gasteiger partial charge on any atom is -0.478 e. The molecule has 3 aromatic carbocycles. The highest BCUT2D eigenvalue weighted by molar-refractivity contribution is 5.97. The van der Waals surface area contributed by atoms with Crippen molar-refractivity contribution in [1.82, 2.24) is 4.98 Å². The van der Waals surface area contributed by atoms with Gasteiger partial charge in [0.25, 0.3) is 0 Å². The van der Waals surface area contributed by atoms with Crippen molar-refractivity contribution in [1.29, 1.82) is 0 Å². The van der Waals surface area contributed by atoms with Gasteiger partial charge in [-0.25, -0.2) is 14.2 Å². The van der Waals surface area contributed by atoms with E-state index in [9.17, 15) is 9.18 Å². The maximum atomic E-state index is 14.1. The number of pyridine rings is 1. The Bertz CT molecular complexity index is 1200. The number of nitrogens with zero attached hydrogens (tertiary/aromatic N) is 1. The molecule has 0 radical (unpaired) electrons. The molecule has 2 N–H and O–H groups in total. The molecule has 150 valence electrons. The first kappa shape index (κ1) is 19.4. The predicted octanol–water partition coefficient (Wildman–Crippen LogP) is 6.04. The minimum absolute atomic E-state index is 0.136. The fourth-order valence-corrected chi connectivity index (χ4v) is 3.24.